The number of halogens is 1. The Bertz CT molecular complexity index is 245. The van der Waals surface area contributed by atoms with E-state index >= 15 is 0 Å². The van der Waals surface area contributed by atoms with Crippen molar-refractivity contribution in [2.24, 2.45) is 0 Å². The molecule has 0 spiro atoms. The van der Waals surface area contributed by atoms with Crippen LogP contribution in [-0.2, 0) is 9.53 Å². The van der Waals surface area contributed by atoms with Gasteiger partial charge in [0.2, 0.25) is 0 Å². The Labute approximate surface area is 128 Å². The average Bonchev–Trinajstić information content (AvgIpc) is 2.35. The molecule has 0 fully saturated rings. The van der Waals surface area contributed by atoms with Gasteiger partial charge in [-0.1, -0.05) is 32.6 Å². The quantitative estimate of drug-likeness (QED) is 0.368. The maximum atomic E-state index is 12.6. The van der Waals surface area contributed by atoms with Gasteiger partial charge in [0.15, 0.2) is 0 Å². The van der Waals surface area contributed by atoms with Crippen molar-refractivity contribution in [3.05, 3.63) is 0 Å². The first kappa shape index (κ1) is 19.8. The first-order valence-corrected chi connectivity index (χ1v) is 8.98. The molecule has 20 heavy (non-hydrogen) atoms. The SMILES string of the molecule is CCCCC(SCCCCCC(C)F)C(=O)OC(C)C. The maximum Gasteiger partial charge on any atom is 0.319 e. The van der Waals surface area contributed by atoms with Crippen molar-refractivity contribution in [3.63, 3.8) is 0 Å². The Morgan fingerprint density at radius 3 is 2.35 bits per heavy atom. The second-order valence-electron chi connectivity index (χ2n) is 5.62. The lowest BCUT2D eigenvalue weighted by Crippen LogP contribution is -2.23. The van der Waals surface area contributed by atoms with Crippen LogP contribution >= 0.6 is 11.8 Å². The third-order valence-electron chi connectivity index (χ3n) is 3.00. The third kappa shape index (κ3) is 11.6. The molecule has 0 saturated carbocycles. The highest BCUT2D eigenvalue weighted by Gasteiger charge is 2.20. The molecular weight excluding hydrogens is 275 g/mol. The summed E-state index contributed by atoms with van der Waals surface area (Å²) < 4.78 is 17.9. The fourth-order valence-electron chi connectivity index (χ4n) is 1.90. The molecule has 0 aliphatic rings. The molecule has 0 aliphatic carbocycles. The summed E-state index contributed by atoms with van der Waals surface area (Å²) in [6.45, 7) is 7.51. The van der Waals surface area contributed by atoms with E-state index in [1.807, 2.05) is 13.8 Å². The van der Waals surface area contributed by atoms with Crippen molar-refractivity contribution in [2.75, 3.05) is 5.75 Å². The van der Waals surface area contributed by atoms with E-state index < -0.39 is 6.17 Å². The Hall–Kier alpha value is -0.250. The van der Waals surface area contributed by atoms with Crippen LogP contribution in [0.25, 0.3) is 0 Å². The molecule has 0 aliphatic heterocycles. The topological polar surface area (TPSA) is 26.3 Å². The molecule has 0 aromatic carbocycles. The number of esters is 1. The zero-order valence-electron chi connectivity index (χ0n) is 13.5. The van der Waals surface area contributed by atoms with Gasteiger partial charge in [-0.2, -0.15) is 0 Å². The zero-order valence-corrected chi connectivity index (χ0v) is 14.3. The van der Waals surface area contributed by atoms with Gasteiger partial charge in [0.25, 0.3) is 0 Å². The number of alkyl halides is 1. The van der Waals surface area contributed by atoms with Crippen molar-refractivity contribution in [1.29, 1.82) is 0 Å². The van der Waals surface area contributed by atoms with Gasteiger partial charge >= 0.3 is 5.97 Å². The lowest BCUT2D eigenvalue weighted by molar-refractivity contribution is -0.146. The van der Waals surface area contributed by atoms with Crippen LogP contribution < -0.4 is 0 Å². The van der Waals surface area contributed by atoms with E-state index in [0.717, 1.165) is 44.3 Å². The van der Waals surface area contributed by atoms with Crippen LogP contribution in [0.15, 0.2) is 0 Å². The predicted molar refractivity (Wildman–Crippen MR) is 86.0 cm³/mol. The summed E-state index contributed by atoms with van der Waals surface area (Å²) in [6.07, 6.45) is 6.00. The van der Waals surface area contributed by atoms with Gasteiger partial charge in [-0.05, 0) is 45.8 Å². The second kappa shape index (κ2) is 12.5. The molecule has 2 nitrogen and oxygen atoms in total. The van der Waals surface area contributed by atoms with Crippen LogP contribution in [0.4, 0.5) is 4.39 Å². The molecule has 120 valence electrons. The average molecular weight is 306 g/mol. The number of carbonyl (C=O) groups is 1. The highest BCUT2D eigenvalue weighted by molar-refractivity contribution is 8.00. The molecule has 0 saturated heterocycles. The third-order valence-corrected chi connectivity index (χ3v) is 4.35. The Morgan fingerprint density at radius 2 is 1.80 bits per heavy atom. The first-order valence-electron chi connectivity index (χ1n) is 7.93. The van der Waals surface area contributed by atoms with Crippen LogP contribution in [0.1, 0.15) is 72.6 Å². The first-order chi connectivity index (χ1) is 9.47. The Balaban J connectivity index is 3.88. The van der Waals surface area contributed by atoms with Crippen molar-refractivity contribution < 1.29 is 13.9 Å². The van der Waals surface area contributed by atoms with Gasteiger partial charge in [0.1, 0.15) is 5.25 Å². The summed E-state index contributed by atoms with van der Waals surface area (Å²) in [4.78, 5) is 12.0. The van der Waals surface area contributed by atoms with Gasteiger partial charge in [-0.25, -0.2) is 4.39 Å². The van der Waals surface area contributed by atoms with Crippen LogP contribution in [0.5, 0.6) is 0 Å². The van der Waals surface area contributed by atoms with Gasteiger partial charge < -0.3 is 4.74 Å². The van der Waals surface area contributed by atoms with E-state index in [0.29, 0.717) is 6.42 Å². The lowest BCUT2D eigenvalue weighted by atomic mass is 10.1. The van der Waals surface area contributed by atoms with Crippen molar-refractivity contribution in [2.45, 2.75) is 90.2 Å². The van der Waals surface area contributed by atoms with Crippen LogP contribution in [0, 0.1) is 0 Å². The van der Waals surface area contributed by atoms with E-state index in [-0.39, 0.29) is 17.3 Å². The molecule has 4 heteroatoms. The molecule has 0 aromatic rings. The van der Waals surface area contributed by atoms with E-state index in [4.69, 9.17) is 4.74 Å². The smallest absolute Gasteiger partial charge is 0.319 e. The Morgan fingerprint density at radius 1 is 1.10 bits per heavy atom. The monoisotopic (exact) mass is 306 g/mol. The van der Waals surface area contributed by atoms with Crippen molar-refractivity contribution >= 4 is 17.7 Å². The summed E-state index contributed by atoms with van der Waals surface area (Å²) in [6, 6.07) is 0. The molecule has 0 heterocycles. The largest absolute Gasteiger partial charge is 0.462 e. The van der Waals surface area contributed by atoms with E-state index in [9.17, 15) is 9.18 Å². The van der Waals surface area contributed by atoms with Gasteiger partial charge in [0, 0.05) is 0 Å². The summed E-state index contributed by atoms with van der Waals surface area (Å²) in [5.41, 5.74) is 0. The number of carbonyl (C=O) groups excluding carboxylic acids is 1. The fourth-order valence-corrected chi connectivity index (χ4v) is 3.08. The molecule has 2 atom stereocenters. The van der Waals surface area contributed by atoms with Gasteiger partial charge in [0.05, 0.1) is 12.3 Å². The maximum absolute atomic E-state index is 12.6. The molecule has 0 N–H and O–H groups in total. The van der Waals surface area contributed by atoms with Gasteiger partial charge in [-0.15, -0.1) is 11.8 Å². The van der Waals surface area contributed by atoms with Crippen molar-refractivity contribution in [1.82, 2.24) is 0 Å². The molecule has 0 bridgehead atoms. The van der Waals surface area contributed by atoms with Crippen LogP contribution in [0.2, 0.25) is 0 Å². The second-order valence-corrected chi connectivity index (χ2v) is 6.93. The van der Waals surface area contributed by atoms with Gasteiger partial charge in [-0.3, -0.25) is 4.79 Å². The highest BCUT2D eigenvalue weighted by atomic mass is 32.2. The van der Waals surface area contributed by atoms with E-state index in [1.165, 1.54) is 0 Å². The van der Waals surface area contributed by atoms with E-state index in [2.05, 4.69) is 6.92 Å². The Kier molecular flexibility index (Phi) is 12.3. The number of hydrogen-bond donors (Lipinski definition) is 0. The molecule has 0 aromatic heterocycles. The minimum Gasteiger partial charge on any atom is -0.462 e. The minimum atomic E-state index is -0.694. The van der Waals surface area contributed by atoms with Crippen LogP contribution in [-0.4, -0.2) is 29.2 Å². The summed E-state index contributed by atoms with van der Waals surface area (Å²) >= 11 is 1.70. The normalized spacial score (nSPS) is 14.3. The fraction of sp³-hybridized carbons (Fsp3) is 0.938. The van der Waals surface area contributed by atoms with Crippen LogP contribution in [0.3, 0.4) is 0 Å². The lowest BCUT2D eigenvalue weighted by Gasteiger charge is -2.17. The standard InChI is InChI=1S/C16H31FO2S/c1-5-6-11-15(16(18)19-13(2)3)20-12-9-7-8-10-14(4)17/h13-15H,5-12H2,1-4H3. The highest BCUT2D eigenvalue weighted by Crippen LogP contribution is 2.21. The van der Waals surface area contributed by atoms with Crippen molar-refractivity contribution in [3.8, 4) is 0 Å². The molecule has 0 amide bonds. The number of thioether (sulfide) groups is 1. The number of rotatable bonds is 12. The molecular formula is C16H31FO2S. The minimum absolute atomic E-state index is 0.0301. The summed E-state index contributed by atoms with van der Waals surface area (Å²) in [5.74, 6) is 0.887. The molecule has 0 rings (SSSR count). The number of unbranched alkanes of at least 4 members (excludes halogenated alkanes) is 3. The zero-order chi connectivity index (χ0) is 15.4. The number of hydrogen-bond acceptors (Lipinski definition) is 3. The molecule has 0 radical (unpaired) electrons. The number of ether oxygens (including phenoxy) is 1. The molecule has 2 unspecified atom stereocenters. The summed E-state index contributed by atoms with van der Waals surface area (Å²) in [7, 11) is 0. The summed E-state index contributed by atoms with van der Waals surface area (Å²) in [5, 5.41) is -0.0301. The predicted octanol–water partition coefficient (Wildman–Crippen LogP) is 5.15. The van der Waals surface area contributed by atoms with E-state index in [1.54, 1.807) is 18.7 Å².